The fourth-order valence-corrected chi connectivity index (χ4v) is 1.95. The summed E-state index contributed by atoms with van der Waals surface area (Å²) >= 11 is 0. The number of rotatable bonds is 3. The van der Waals surface area contributed by atoms with Crippen LogP contribution in [0.1, 0.15) is 5.69 Å². The molecule has 1 aliphatic heterocycles. The molecule has 2 heterocycles. The average Bonchev–Trinajstić information content (AvgIpc) is 2.60. The molecule has 0 saturated carbocycles. The number of alkyl halides is 3. The highest BCUT2D eigenvalue weighted by molar-refractivity contribution is 6.00. The van der Waals surface area contributed by atoms with Gasteiger partial charge in [0.15, 0.2) is 0 Å². The van der Waals surface area contributed by atoms with E-state index in [9.17, 15) is 23.3 Å². The Hall–Kier alpha value is -2.33. The zero-order valence-electron chi connectivity index (χ0n) is 10.5. The van der Waals surface area contributed by atoms with E-state index in [0.717, 1.165) is 4.68 Å². The molecule has 1 aromatic rings. The summed E-state index contributed by atoms with van der Waals surface area (Å²) in [4.78, 5) is 15.7. The third kappa shape index (κ3) is 2.26. The normalized spacial score (nSPS) is 15.1. The lowest BCUT2D eigenvalue weighted by Crippen LogP contribution is -2.48. The number of nitro groups is 1. The Kier molecular flexibility index (Phi) is 3.28. The first kappa shape index (κ1) is 14.1. The van der Waals surface area contributed by atoms with E-state index in [1.807, 2.05) is 0 Å². The van der Waals surface area contributed by atoms with E-state index in [1.54, 1.807) is 0 Å². The van der Waals surface area contributed by atoms with Crippen molar-refractivity contribution in [2.24, 2.45) is 12.2 Å². The molecular weight excluding hydrogens is 283 g/mol. The van der Waals surface area contributed by atoms with Crippen LogP contribution in [0.25, 0.3) is 0 Å². The highest BCUT2D eigenvalue weighted by Gasteiger charge is 2.47. The molecular formula is C9H10F3N5O3. The van der Waals surface area contributed by atoms with Crippen LogP contribution in [0.2, 0.25) is 0 Å². The van der Waals surface area contributed by atoms with Gasteiger partial charge < -0.3 is 9.74 Å². The Morgan fingerprint density at radius 2 is 2.05 bits per heavy atom. The Labute approximate surface area is 110 Å². The Morgan fingerprint density at radius 1 is 1.45 bits per heavy atom. The van der Waals surface area contributed by atoms with E-state index in [1.165, 1.54) is 19.1 Å². The van der Waals surface area contributed by atoms with E-state index in [2.05, 4.69) is 15.1 Å². The number of aromatic nitrogens is 2. The van der Waals surface area contributed by atoms with Gasteiger partial charge >= 0.3 is 11.9 Å². The number of anilines is 1. The van der Waals surface area contributed by atoms with Crippen molar-refractivity contribution in [2.45, 2.75) is 6.18 Å². The molecule has 0 aromatic carbocycles. The van der Waals surface area contributed by atoms with Gasteiger partial charge in [-0.15, -0.1) is 0 Å². The molecule has 0 amide bonds. The summed E-state index contributed by atoms with van der Waals surface area (Å²) in [6.07, 6.45) is -4.88. The van der Waals surface area contributed by atoms with Gasteiger partial charge in [-0.25, -0.2) is 4.68 Å². The molecule has 0 N–H and O–H groups in total. The van der Waals surface area contributed by atoms with Crippen LogP contribution in [0.3, 0.4) is 0 Å². The first-order valence-corrected chi connectivity index (χ1v) is 5.38. The van der Waals surface area contributed by atoms with Crippen molar-refractivity contribution in [3.8, 4) is 0 Å². The maximum atomic E-state index is 12.7. The van der Waals surface area contributed by atoms with Crippen LogP contribution in [0.5, 0.6) is 0 Å². The predicted octanol–water partition coefficient (Wildman–Crippen LogP) is 1.17. The largest absolute Gasteiger partial charge is 0.442 e. The minimum atomic E-state index is -4.88. The molecule has 0 spiro atoms. The van der Waals surface area contributed by atoms with Gasteiger partial charge in [-0.05, 0) is 0 Å². The summed E-state index contributed by atoms with van der Waals surface area (Å²) in [5.41, 5.74) is -1.97. The van der Waals surface area contributed by atoms with Crippen molar-refractivity contribution in [1.29, 1.82) is 0 Å². The molecule has 1 saturated heterocycles. The maximum Gasteiger partial charge on any atom is 0.442 e. The van der Waals surface area contributed by atoms with Crippen molar-refractivity contribution < 1.29 is 22.9 Å². The molecule has 0 unspecified atom stereocenters. The monoisotopic (exact) mass is 293 g/mol. The first-order valence-electron chi connectivity index (χ1n) is 5.38. The molecule has 1 aromatic heterocycles. The summed E-state index contributed by atoms with van der Waals surface area (Å²) in [7, 11) is 2.56. The molecule has 20 heavy (non-hydrogen) atoms. The van der Waals surface area contributed by atoms with E-state index in [-0.39, 0.29) is 18.9 Å². The van der Waals surface area contributed by atoms with Gasteiger partial charge in [-0.3, -0.25) is 10.1 Å². The molecule has 0 bridgehead atoms. The van der Waals surface area contributed by atoms with Crippen molar-refractivity contribution in [2.75, 3.05) is 25.1 Å². The lowest BCUT2D eigenvalue weighted by atomic mass is 10.2. The quantitative estimate of drug-likeness (QED) is 0.617. The molecule has 0 aliphatic carbocycles. The van der Waals surface area contributed by atoms with E-state index >= 15 is 0 Å². The topological polar surface area (TPSA) is 85.8 Å². The molecule has 0 atom stereocenters. The van der Waals surface area contributed by atoms with Crippen molar-refractivity contribution in [3.05, 3.63) is 15.8 Å². The summed E-state index contributed by atoms with van der Waals surface area (Å²) in [6, 6.07) is 0. The Balaban J connectivity index is 2.42. The number of hydrogen-bond donors (Lipinski definition) is 0. The maximum absolute atomic E-state index is 12.7. The number of halogens is 3. The standard InChI is InChI=1S/C9H10F3N5O3/c1-15-8(16-3-5(4-16)14-20-2)6(17(18)19)7(13-15)9(10,11)12/h3-4H2,1-2H3. The molecule has 11 heteroatoms. The van der Waals surface area contributed by atoms with Crippen LogP contribution in [0.4, 0.5) is 24.7 Å². The van der Waals surface area contributed by atoms with E-state index in [4.69, 9.17) is 0 Å². The molecule has 2 rings (SSSR count). The summed E-state index contributed by atoms with van der Waals surface area (Å²) < 4.78 is 39.1. The second-order valence-corrected chi connectivity index (χ2v) is 4.10. The van der Waals surface area contributed by atoms with Crippen LogP contribution in [-0.2, 0) is 18.1 Å². The SMILES string of the molecule is CON=C1CN(c2c([N+](=O)[O-])c(C(F)(F)F)nn2C)C1. The zero-order chi connectivity index (χ0) is 15.1. The third-order valence-electron chi connectivity index (χ3n) is 2.71. The lowest BCUT2D eigenvalue weighted by molar-refractivity contribution is -0.387. The van der Waals surface area contributed by atoms with Crippen molar-refractivity contribution >= 4 is 17.2 Å². The van der Waals surface area contributed by atoms with Crippen LogP contribution in [0.15, 0.2) is 5.16 Å². The van der Waals surface area contributed by atoms with Gasteiger partial charge in [0.1, 0.15) is 7.11 Å². The summed E-state index contributed by atoms with van der Waals surface area (Å²) in [6.45, 7) is 0.316. The van der Waals surface area contributed by atoms with Gasteiger partial charge in [0.25, 0.3) is 0 Å². The zero-order valence-corrected chi connectivity index (χ0v) is 10.5. The second kappa shape index (κ2) is 4.65. The van der Waals surface area contributed by atoms with Gasteiger partial charge in [0.2, 0.25) is 11.5 Å². The lowest BCUT2D eigenvalue weighted by Gasteiger charge is -2.32. The fourth-order valence-electron chi connectivity index (χ4n) is 1.95. The number of hydrogen-bond acceptors (Lipinski definition) is 6. The van der Waals surface area contributed by atoms with Gasteiger partial charge in [-0.1, -0.05) is 5.16 Å². The number of nitrogens with zero attached hydrogens (tertiary/aromatic N) is 5. The summed E-state index contributed by atoms with van der Waals surface area (Å²) in [5, 5.41) is 17.8. The molecule has 1 fully saturated rings. The second-order valence-electron chi connectivity index (χ2n) is 4.10. The smallest absolute Gasteiger partial charge is 0.399 e. The van der Waals surface area contributed by atoms with Crippen molar-refractivity contribution in [1.82, 2.24) is 9.78 Å². The van der Waals surface area contributed by atoms with Gasteiger partial charge in [0.05, 0.1) is 23.7 Å². The fraction of sp³-hybridized carbons (Fsp3) is 0.556. The van der Waals surface area contributed by atoms with Crippen LogP contribution in [0, 0.1) is 10.1 Å². The minimum Gasteiger partial charge on any atom is -0.399 e. The average molecular weight is 293 g/mol. The van der Waals surface area contributed by atoms with Crippen molar-refractivity contribution in [3.63, 3.8) is 0 Å². The predicted molar refractivity (Wildman–Crippen MR) is 61.5 cm³/mol. The molecule has 1 aliphatic rings. The van der Waals surface area contributed by atoms with E-state index < -0.39 is 22.5 Å². The summed E-state index contributed by atoms with van der Waals surface area (Å²) in [5.74, 6) is -0.197. The van der Waals surface area contributed by atoms with Crippen LogP contribution >= 0.6 is 0 Å². The number of oxime groups is 1. The third-order valence-corrected chi connectivity index (χ3v) is 2.71. The highest BCUT2D eigenvalue weighted by Crippen LogP contribution is 2.41. The van der Waals surface area contributed by atoms with Gasteiger partial charge in [0, 0.05) is 7.05 Å². The Bertz CT molecular complexity index is 572. The molecule has 8 nitrogen and oxygen atoms in total. The van der Waals surface area contributed by atoms with Crippen LogP contribution < -0.4 is 4.90 Å². The Morgan fingerprint density at radius 3 is 2.50 bits per heavy atom. The van der Waals surface area contributed by atoms with Gasteiger partial charge in [-0.2, -0.15) is 18.3 Å². The molecule has 0 radical (unpaired) electrons. The van der Waals surface area contributed by atoms with Crippen LogP contribution in [-0.4, -0.2) is 40.6 Å². The van der Waals surface area contributed by atoms with E-state index in [0.29, 0.717) is 5.71 Å². The highest BCUT2D eigenvalue weighted by atomic mass is 19.4. The first-order chi connectivity index (χ1) is 9.25. The molecule has 110 valence electrons. The minimum absolute atomic E-state index is 0.158. The number of aryl methyl sites for hydroxylation is 1.